The summed E-state index contributed by atoms with van der Waals surface area (Å²) in [6.07, 6.45) is 19.3. The highest BCUT2D eigenvalue weighted by atomic mass is 16.5. The van der Waals surface area contributed by atoms with Crippen LogP contribution in [0.15, 0.2) is 72.1 Å². The Morgan fingerprint density at radius 2 is 1.86 bits per heavy atom. The van der Waals surface area contributed by atoms with E-state index >= 15 is 0 Å². The predicted molar refractivity (Wildman–Crippen MR) is 250 cm³/mol. The molecule has 0 aromatic heterocycles. The van der Waals surface area contributed by atoms with Crippen LogP contribution in [0, 0.1) is 52.3 Å². The van der Waals surface area contributed by atoms with E-state index in [1.54, 1.807) is 6.07 Å². The van der Waals surface area contributed by atoms with Crippen molar-refractivity contribution in [3.8, 4) is 23.3 Å². The van der Waals surface area contributed by atoms with Crippen LogP contribution in [0.5, 0.6) is 11.5 Å². The minimum absolute atomic E-state index is 0.00758. The number of dihydropyridines is 1. The number of hydrogen-bond donors (Lipinski definition) is 7. The molecule has 4 aliphatic carbocycles. The normalized spacial score (nSPS) is 31.2. The number of allylic oxidation sites excluding steroid dienone is 3. The second-order valence-corrected chi connectivity index (χ2v) is 20.2. The Bertz CT molecular complexity index is 2130. The molecule has 344 valence electrons. The Kier molecular flexibility index (Phi) is 14.7. The van der Waals surface area contributed by atoms with E-state index in [-0.39, 0.29) is 53.8 Å². The fraction of sp³-hybridized carbons (Fsp3) is 0.593. The highest BCUT2D eigenvalue weighted by molar-refractivity contribution is 5.89. The number of benzene rings is 2. The number of phenolic OH excluding ortho intramolecular Hbond substituents is 1. The molecule has 2 aromatic rings. The van der Waals surface area contributed by atoms with E-state index in [4.69, 9.17) is 10.5 Å². The van der Waals surface area contributed by atoms with Crippen molar-refractivity contribution >= 4 is 17.6 Å². The summed E-state index contributed by atoms with van der Waals surface area (Å²) in [5.41, 5.74) is 9.00. The number of aryl methyl sites for hydroxylation is 1. The molecule has 10 nitrogen and oxygen atoms in total. The van der Waals surface area contributed by atoms with Gasteiger partial charge in [-0.3, -0.25) is 9.59 Å². The number of carbonyl (C=O) groups is 2. The summed E-state index contributed by atoms with van der Waals surface area (Å²) < 4.78 is 5.52. The van der Waals surface area contributed by atoms with Gasteiger partial charge in [-0.2, -0.15) is 0 Å². The number of phenols is 1. The number of ketones is 2. The summed E-state index contributed by atoms with van der Waals surface area (Å²) in [7, 11) is 1.52. The highest BCUT2D eigenvalue weighted by Gasteiger charge is 2.52. The Morgan fingerprint density at radius 3 is 2.61 bits per heavy atom. The maximum atomic E-state index is 14.5. The number of ether oxygens (including phenoxy) is 1. The van der Waals surface area contributed by atoms with Crippen molar-refractivity contribution in [2.45, 2.75) is 133 Å². The third-order valence-corrected chi connectivity index (χ3v) is 16.4. The number of aliphatic hydroxyl groups excluding tert-OH is 3. The van der Waals surface area contributed by atoms with Crippen LogP contribution in [0.2, 0.25) is 0 Å². The molecule has 8 N–H and O–H groups in total. The molecule has 2 aromatic carbocycles. The van der Waals surface area contributed by atoms with Crippen molar-refractivity contribution in [3.05, 3.63) is 88.8 Å². The highest BCUT2D eigenvalue weighted by Crippen LogP contribution is 2.56. The van der Waals surface area contributed by atoms with E-state index in [2.05, 4.69) is 52.8 Å². The van der Waals surface area contributed by atoms with Crippen LogP contribution >= 0.6 is 0 Å². The van der Waals surface area contributed by atoms with Gasteiger partial charge in [-0.25, -0.2) is 0 Å². The molecule has 1 spiro atoms. The van der Waals surface area contributed by atoms with Gasteiger partial charge in [0.15, 0.2) is 17.3 Å². The first kappa shape index (κ1) is 46.1. The van der Waals surface area contributed by atoms with Crippen LogP contribution in [0.25, 0.3) is 6.08 Å². The monoisotopic (exact) mass is 874 g/mol. The molecule has 6 aliphatic rings. The lowest BCUT2D eigenvalue weighted by Crippen LogP contribution is -2.55. The van der Waals surface area contributed by atoms with E-state index in [0.29, 0.717) is 93.5 Å². The largest absolute Gasteiger partial charge is 0.504 e. The van der Waals surface area contributed by atoms with E-state index in [9.17, 15) is 30.0 Å². The topological polar surface area (TPSA) is 174 Å². The van der Waals surface area contributed by atoms with Gasteiger partial charge in [0.25, 0.3) is 0 Å². The number of carbonyl (C=O) groups excluding carboxylic acids is 2. The summed E-state index contributed by atoms with van der Waals surface area (Å²) in [6.45, 7) is 1.64. The van der Waals surface area contributed by atoms with E-state index in [1.807, 2.05) is 30.3 Å². The maximum absolute atomic E-state index is 14.5. The molecule has 1 saturated heterocycles. The fourth-order valence-corrected chi connectivity index (χ4v) is 12.9. The number of Topliss-reactive ketones (excluding diaryl/α,β-unsaturated/α-hetero) is 2. The van der Waals surface area contributed by atoms with E-state index in [0.717, 1.165) is 48.1 Å². The van der Waals surface area contributed by atoms with E-state index < -0.39 is 23.5 Å². The third-order valence-electron chi connectivity index (χ3n) is 16.4. The minimum Gasteiger partial charge on any atom is -0.504 e. The summed E-state index contributed by atoms with van der Waals surface area (Å²) >= 11 is 0. The standard InChI is InChI=1S/C54H71N3O7/c1-64-49-28-40-12-14-50(62)54(21-15-36(25-51(54)63)33-53(19-5-6-20-53)42-30-46-41(18-24-58)27-44(60)31-47(46)57-34-42)22-16-37(45(40)32-48(49)61)11-13-43(59)26-38(39-17-23-56-52(55)29-39)10-9-35-7-3-2-4-8-35/h2-4,7-10,17,28-29,32,36-38,41-43,46-47,51,56-59,61,63H,5-6,11-15,18-21,23-27,30-31,33-34,55H2,1H3/b10-9+/t36-,37-,38-,41-,42-,43-,46+,47+,51+,54+/m0/s1. The Morgan fingerprint density at radius 1 is 1.05 bits per heavy atom. The molecule has 64 heavy (non-hydrogen) atoms. The smallest absolute Gasteiger partial charge is 0.160 e. The van der Waals surface area contributed by atoms with Gasteiger partial charge in [0.2, 0.25) is 0 Å². The first-order valence-electron chi connectivity index (χ1n) is 24.3. The van der Waals surface area contributed by atoms with Crippen molar-refractivity contribution in [3.63, 3.8) is 0 Å². The van der Waals surface area contributed by atoms with Gasteiger partial charge < -0.3 is 41.5 Å². The zero-order valence-electron chi connectivity index (χ0n) is 37.8. The zero-order valence-corrected chi connectivity index (χ0v) is 37.8. The van der Waals surface area contributed by atoms with Crippen molar-refractivity contribution in [2.24, 2.45) is 46.2 Å². The second-order valence-electron chi connectivity index (χ2n) is 20.2. The number of nitrogens with one attached hydrogen (secondary N) is 2. The molecule has 0 radical (unpaired) electrons. The van der Waals surface area contributed by atoms with Gasteiger partial charge in [0.1, 0.15) is 11.2 Å². The summed E-state index contributed by atoms with van der Waals surface area (Å²) in [5.74, 6) is 9.12. The van der Waals surface area contributed by atoms with Gasteiger partial charge in [0, 0.05) is 50.3 Å². The average Bonchev–Trinajstić information content (AvgIpc) is 3.78. The number of rotatable bonds is 14. The van der Waals surface area contributed by atoms with Crippen LogP contribution in [0.3, 0.4) is 0 Å². The second kappa shape index (κ2) is 20.4. The molecule has 4 fully saturated rings. The number of hydrogen-bond acceptors (Lipinski definition) is 10. The average molecular weight is 874 g/mol. The van der Waals surface area contributed by atoms with Crippen LogP contribution in [0.1, 0.15) is 125 Å². The SMILES string of the molecule is COc1cc2c(cc1O)[C@@H](CC[C@H](O)C[C@H](/C=C/c1ccccc1)C1=CCNC(N)=C1)C#C[C@]1(CC[C@H](CC3([C@@H]4CN[C@@H]5CC(=O)C[C@H](CCO)[C@H]5C4)CCCC3)C[C@H]1O)C(=O)CC2. The van der Waals surface area contributed by atoms with Crippen LogP contribution < -0.4 is 21.1 Å². The summed E-state index contributed by atoms with van der Waals surface area (Å²) in [4.78, 5) is 27.1. The van der Waals surface area contributed by atoms with Gasteiger partial charge in [-0.15, -0.1) is 0 Å². The molecule has 10 atom stereocenters. The molecular weight excluding hydrogens is 803 g/mol. The lowest BCUT2D eigenvalue weighted by atomic mass is 9.57. The Labute approximate surface area is 380 Å². The summed E-state index contributed by atoms with van der Waals surface area (Å²) in [5, 5.41) is 51.9. The zero-order chi connectivity index (χ0) is 44.8. The molecule has 0 unspecified atom stereocenters. The number of aliphatic hydroxyl groups is 3. The number of piperidine rings is 1. The fourth-order valence-electron chi connectivity index (χ4n) is 12.9. The maximum Gasteiger partial charge on any atom is 0.160 e. The van der Waals surface area contributed by atoms with Crippen molar-refractivity contribution in [1.82, 2.24) is 10.6 Å². The molecular formula is C54H71N3O7. The van der Waals surface area contributed by atoms with Gasteiger partial charge in [0.05, 0.1) is 25.1 Å². The van der Waals surface area contributed by atoms with Crippen molar-refractivity contribution in [2.75, 3.05) is 26.8 Å². The molecule has 0 amide bonds. The van der Waals surface area contributed by atoms with Crippen LogP contribution in [-0.2, 0) is 16.0 Å². The first-order valence-corrected chi connectivity index (χ1v) is 24.3. The molecule has 10 heteroatoms. The van der Waals surface area contributed by atoms with Crippen molar-refractivity contribution in [1.29, 1.82) is 0 Å². The lowest BCUT2D eigenvalue weighted by Gasteiger charge is -2.51. The predicted octanol–water partition coefficient (Wildman–Crippen LogP) is 7.25. The van der Waals surface area contributed by atoms with Crippen LogP contribution in [-0.4, -0.2) is 77.0 Å². The minimum atomic E-state index is -1.18. The van der Waals surface area contributed by atoms with Crippen LogP contribution in [0.4, 0.5) is 0 Å². The van der Waals surface area contributed by atoms with E-state index in [1.165, 1.54) is 32.8 Å². The molecule has 2 aliphatic heterocycles. The Balaban J connectivity index is 1.00. The van der Waals surface area contributed by atoms with Gasteiger partial charge >= 0.3 is 0 Å². The molecule has 8 rings (SSSR count). The molecule has 3 saturated carbocycles. The Hall–Kier alpha value is -4.40. The summed E-state index contributed by atoms with van der Waals surface area (Å²) in [6, 6.07) is 13.8. The quantitative estimate of drug-likeness (QED) is 0.0959. The number of aromatic hydroxyl groups is 1. The lowest BCUT2D eigenvalue weighted by molar-refractivity contribution is -0.135. The first-order chi connectivity index (χ1) is 31.0. The number of nitrogens with two attached hydrogens (primary N) is 1. The third kappa shape index (κ3) is 10.2. The molecule has 2 heterocycles. The molecule has 0 bridgehead atoms. The number of methoxy groups -OCH3 is 1. The van der Waals surface area contributed by atoms with Gasteiger partial charge in [-0.05, 0) is 153 Å². The van der Waals surface area contributed by atoms with Crippen molar-refractivity contribution < 1.29 is 34.8 Å². The number of fused-ring (bicyclic) bond motifs is 2. The van der Waals surface area contributed by atoms with Gasteiger partial charge in [-0.1, -0.05) is 73.2 Å².